The van der Waals surface area contributed by atoms with Gasteiger partial charge >= 0.3 is 0 Å². The fraction of sp³-hybridized carbons (Fsp3) is 0.0435. The number of nitrogens with zero attached hydrogens (tertiary/aromatic N) is 5. The van der Waals surface area contributed by atoms with Crippen molar-refractivity contribution in [3.8, 4) is 0 Å². The van der Waals surface area contributed by atoms with Crippen LogP contribution in [0.2, 0.25) is 0 Å². The largest absolute Gasteiger partial charge is 0.325 e. The number of aromatic nitrogens is 5. The van der Waals surface area contributed by atoms with Gasteiger partial charge in [-0.05, 0) is 48.5 Å². The second kappa shape index (κ2) is 9.05. The lowest BCUT2D eigenvalue weighted by molar-refractivity contribution is -0.113. The van der Waals surface area contributed by atoms with Gasteiger partial charge in [0.15, 0.2) is 5.65 Å². The third kappa shape index (κ3) is 4.51. The lowest BCUT2D eigenvalue weighted by atomic mass is 10.2. The molecule has 3 aromatic heterocycles. The van der Waals surface area contributed by atoms with E-state index in [1.54, 1.807) is 55.0 Å². The second-order valence-electron chi connectivity index (χ2n) is 7.01. The van der Waals surface area contributed by atoms with Crippen LogP contribution in [-0.4, -0.2) is 42.1 Å². The van der Waals surface area contributed by atoms with E-state index >= 15 is 0 Å². The summed E-state index contributed by atoms with van der Waals surface area (Å²) in [7, 11) is 0. The molecule has 0 aliphatic heterocycles. The van der Waals surface area contributed by atoms with Crippen molar-refractivity contribution in [3.63, 3.8) is 0 Å². The number of hydrogen-bond acceptors (Lipinski definition) is 7. The fourth-order valence-electron chi connectivity index (χ4n) is 3.24. The Morgan fingerprint density at radius 3 is 2.58 bits per heavy atom. The molecular formula is C23H17N7O2S. The van der Waals surface area contributed by atoms with Crippen LogP contribution in [0.3, 0.4) is 0 Å². The molecule has 0 aliphatic carbocycles. The number of thioether (sulfide) groups is 1. The Labute approximate surface area is 192 Å². The number of anilines is 2. The van der Waals surface area contributed by atoms with E-state index in [0.717, 1.165) is 11.0 Å². The van der Waals surface area contributed by atoms with Crippen molar-refractivity contribution < 1.29 is 9.59 Å². The van der Waals surface area contributed by atoms with Crippen molar-refractivity contribution in [2.75, 3.05) is 16.4 Å². The van der Waals surface area contributed by atoms with Gasteiger partial charge in [0.1, 0.15) is 17.2 Å². The number of pyridine rings is 1. The highest BCUT2D eigenvalue weighted by molar-refractivity contribution is 8.00. The van der Waals surface area contributed by atoms with Gasteiger partial charge in [0.25, 0.3) is 5.91 Å². The molecule has 10 heteroatoms. The number of rotatable bonds is 6. The zero-order valence-corrected chi connectivity index (χ0v) is 18.0. The summed E-state index contributed by atoms with van der Waals surface area (Å²) in [5, 5.41) is 14.3. The predicted octanol–water partition coefficient (Wildman–Crippen LogP) is 3.66. The molecule has 0 fully saturated rings. The molecule has 2 aromatic carbocycles. The van der Waals surface area contributed by atoms with Gasteiger partial charge in [-0.1, -0.05) is 30.0 Å². The van der Waals surface area contributed by atoms with Gasteiger partial charge in [0.05, 0.1) is 16.8 Å². The summed E-state index contributed by atoms with van der Waals surface area (Å²) in [4.78, 5) is 33.5. The molecule has 0 atom stereocenters. The summed E-state index contributed by atoms with van der Waals surface area (Å²) < 4.78 is 1.86. The van der Waals surface area contributed by atoms with E-state index in [1.807, 2.05) is 28.7 Å². The molecule has 0 spiro atoms. The average Bonchev–Trinajstić information content (AvgIpc) is 3.34. The van der Waals surface area contributed by atoms with Crippen LogP contribution in [-0.2, 0) is 4.79 Å². The van der Waals surface area contributed by atoms with Crippen LogP contribution in [0.15, 0.2) is 84.3 Å². The van der Waals surface area contributed by atoms with Crippen molar-refractivity contribution in [1.82, 2.24) is 24.6 Å². The Balaban J connectivity index is 1.22. The zero-order chi connectivity index (χ0) is 22.6. The first-order chi connectivity index (χ1) is 16.2. The average molecular weight is 456 g/mol. The topological polar surface area (TPSA) is 114 Å². The molecule has 5 rings (SSSR count). The minimum Gasteiger partial charge on any atom is -0.325 e. The minimum atomic E-state index is -0.276. The van der Waals surface area contributed by atoms with Crippen molar-refractivity contribution >= 4 is 51.8 Å². The number of fused-ring (bicyclic) bond motifs is 3. The minimum absolute atomic E-state index is 0.149. The van der Waals surface area contributed by atoms with Crippen LogP contribution in [0.5, 0.6) is 0 Å². The van der Waals surface area contributed by atoms with Crippen molar-refractivity contribution in [3.05, 3.63) is 84.8 Å². The molecule has 2 N–H and O–H groups in total. The maximum absolute atomic E-state index is 12.5. The molecule has 0 unspecified atom stereocenters. The predicted molar refractivity (Wildman–Crippen MR) is 126 cm³/mol. The fourth-order valence-corrected chi connectivity index (χ4v) is 4.01. The van der Waals surface area contributed by atoms with Gasteiger partial charge in [-0.3, -0.25) is 14.0 Å². The van der Waals surface area contributed by atoms with Crippen LogP contribution in [0, 0.1) is 0 Å². The molecule has 2 amide bonds. The van der Waals surface area contributed by atoms with Crippen LogP contribution < -0.4 is 10.6 Å². The molecule has 0 bridgehead atoms. The van der Waals surface area contributed by atoms with Crippen molar-refractivity contribution in [2.24, 2.45) is 0 Å². The van der Waals surface area contributed by atoms with Gasteiger partial charge in [-0.25, -0.2) is 9.97 Å². The highest BCUT2D eigenvalue weighted by atomic mass is 32.2. The summed E-state index contributed by atoms with van der Waals surface area (Å²) in [6, 6.07) is 19.6. The van der Waals surface area contributed by atoms with E-state index in [-0.39, 0.29) is 17.6 Å². The molecule has 3 heterocycles. The van der Waals surface area contributed by atoms with E-state index < -0.39 is 0 Å². The van der Waals surface area contributed by atoms with Gasteiger partial charge in [-0.2, -0.15) is 0 Å². The summed E-state index contributed by atoms with van der Waals surface area (Å²) in [6.07, 6.45) is 3.24. The molecule has 5 aromatic rings. The quantitative estimate of drug-likeness (QED) is 0.376. The molecule has 9 nitrogen and oxygen atoms in total. The van der Waals surface area contributed by atoms with Crippen LogP contribution in [0.25, 0.3) is 16.7 Å². The zero-order valence-electron chi connectivity index (χ0n) is 17.2. The molecule has 0 aliphatic rings. The van der Waals surface area contributed by atoms with Crippen LogP contribution >= 0.6 is 11.8 Å². The molecular weight excluding hydrogens is 438 g/mol. The Morgan fingerprint density at radius 1 is 0.939 bits per heavy atom. The third-order valence-corrected chi connectivity index (χ3v) is 5.73. The monoisotopic (exact) mass is 455 g/mol. The Morgan fingerprint density at radius 2 is 1.76 bits per heavy atom. The van der Waals surface area contributed by atoms with Gasteiger partial charge < -0.3 is 10.6 Å². The number of nitrogens with one attached hydrogen (secondary N) is 2. The first-order valence-corrected chi connectivity index (χ1v) is 11.0. The van der Waals surface area contributed by atoms with Gasteiger partial charge in [0.2, 0.25) is 5.91 Å². The number of para-hydroxylation sites is 2. The Hall–Kier alpha value is -4.31. The van der Waals surface area contributed by atoms with E-state index in [0.29, 0.717) is 27.7 Å². The van der Waals surface area contributed by atoms with Crippen LogP contribution in [0.1, 0.15) is 10.4 Å². The standard InChI is InChI=1S/C23H17N7O2S/c31-20(13-33-23-21-29-25-14-30(21)18-6-2-1-5-17(18)27-23)26-16-10-8-15(9-11-16)22(32)28-19-7-3-4-12-24-19/h1-12,14H,13H2,(H,26,31)(H,24,28,32). The summed E-state index contributed by atoms with van der Waals surface area (Å²) in [6.45, 7) is 0. The lowest BCUT2D eigenvalue weighted by Crippen LogP contribution is -2.15. The number of benzene rings is 2. The van der Waals surface area contributed by atoms with Crippen LogP contribution in [0.4, 0.5) is 11.5 Å². The van der Waals surface area contributed by atoms with E-state index in [4.69, 9.17) is 0 Å². The number of amides is 2. The Kier molecular flexibility index (Phi) is 5.64. The SMILES string of the molecule is O=C(CSc1nc2ccccc2n2cnnc12)Nc1ccc(C(=O)Nc2ccccn2)cc1. The molecule has 0 saturated carbocycles. The molecule has 0 radical (unpaired) electrons. The number of carbonyl (C=O) groups excluding carboxylic acids is 2. The molecule has 33 heavy (non-hydrogen) atoms. The molecule has 0 saturated heterocycles. The smallest absolute Gasteiger partial charge is 0.256 e. The van der Waals surface area contributed by atoms with Crippen molar-refractivity contribution in [1.29, 1.82) is 0 Å². The highest BCUT2D eigenvalue weighted by Crippen LogP contribution is 2.24. The number of hydrogen-bond donors (Lipinski definition) is 2. The summed E-state index contributed by atoms with van der Waals surface area (Å²) in [5.41, 5.74) is 3.36. The van der Waals surface area contributed by atoms with Gasteiger partial charge in [-0.15, -0.1) is 10.2 Å². The van der Waals surface area contributed by atoms with E-state index in [2.05, 4.69) is 30.8 Å². The van der Waals surface area contributed by atoms with E-state index in [1.165, 1.54) is 11.8 Å². The maximum atomic E-state index is 12.5. The highest BCUT2D eigenvalue weighted by Gasteiger charge is 2.13. The summed E-state index contributed by atoms with van der Waals surface area (Å²) in [5.74, 6) is 0.150. The second-order valence-corrected chi connectivity index (χ2v) is 7.98. The maximum Gasteiger partial charge on any atom is 0.256 e. The first-order valence-electron chi connectivity index (χ1n) is 10.0. The normalized spacial score (nSPS) is 10.9. The molecule has 162 valence electrons. The summed E-state index contributed by atoms with van der Waals surface area (Å²) >= 11 is 1.29. The van der Waals surface area contributed by atoms with E-state index in [9.17, 15) is 9.59 Å². The lowest BCUT2D eigenvalue weighted by Gasteiger charge is -2.08. The number of carbonyl (C=O) groups is 2. The van der Waals surface area contributed by atoms with Crippen molar-refractivity contribution in [2.45, 2.75) is 5.03 Å². The first kappa shape index (κ1) is 20.6. The van der Waals surface area contributed by atoms with Gasteiger partial charge in [0, 0.05) is 17.4 Å². The Bertz CT molecular complexity index is 1450. The third-order valence-electron chi connectivity index (χ3n) is 4.78.